The Kier molecular flexibility index (Phi) is 5.94. The minimum Gasteiger partial charge on any atom is -0.303 e. The van der Waals surface area contributed by atoms with Crippen LogP contribution >= 0.6 is 0 Å². The molecule has 3 heteroatoms. The van der Waals surface area contributed by atoms with Gasteiger partial charge in [-0.25, -0.2) is 0 Å². The third-order valence-corrected chi connectivity index (χ3v) is 4.12. The minimum atomic E-state index is -0.304. The molecule has 0 aromatic carbocycles. The van der Waals surface area contributed by atoms with Gasteiger partial charge in [-0.2, -0.15) is 5.26 Å². The van der Waals surface area contributed by atoms with E-state index < -0.39 is 0 Å². The van der Waals surface area contributed by atoms with Gasteiger partial charge in [0.05, 0.1) is 6.07 Å². The van der Waals surface area contributed by atoms with E-state index >= 15 is 0 Å². The van der Waals surface area contributed by atoms with Gasteiger partial charge in [0.2, 0.25) is 0 Å². The summed E-state index contributed by atoms with van der Waals surface area (Å²) in [5, 5.41) is 12.4. The van der Waals surface area contributed by atoms with Gasteiger partial charge in [-0.15, -0.1) is 0 Å². The predicted octanol–water partition coefficient (Wildman–Crippen LogP) is 2.39. The van der Waals surface area contributed by atoms with Gasteiger partial charge < -0.3 is 10.2 Å². The van der Waals surface area contributed by atoms with Crippen LogP contribution in [-0.4, -0.2) is 37.1 Å². The normalized spacial score (nSPS) is 25.2. The van der Waals surface area contributed by atoms with E-state index in [1.807, 2.05) is 7.05 Å². The van der Waals surface area contributed by atoms with E-state index in [0.29, 0.717) is 0 Å². The number of piperidine rings is 1. The van der Waals surface area contributed by atoms with Crippen LogP contribution in [-0.2, 0) is 0 Å². The summed E-state index contributed by atoms with van der Waals surface area (Å²) in [5.41, 5.74) is -0.304. The summed E-state index contributed by atoms with van der Waals surface area (Å²) in [4.78, 5) is 2.56. The van der Waals surface area contributed by atoms with Crippen LogP contribution in [0.1, 0.15) is 46.0 Å². The van der Waals surface area contributed by atoms with E-state index in [1.165, 1.54) is 25.9 Å². The number of nitrogens with zero attached hydrogens (tertiary/aromatic N) is 2. The standard InChI is InChI=1S/C14H27N3/c1-4-14(12-15,16-3)8-6-10-17-9-5-7-13(2)11-17/h13,16H,4-11H2,1-3H3. The summed E-state index contributed by atoms with van der Waals surface area (Å²) in [6.07, 6.45) is 5.68. The van der Waals surface area contributed by atoms with E-state index in [0.717, 1.165) is 31.7 Å². The van der Waals surface area contributed by atoms with Crippen LogP contribution in [0.25, 0.3) is 0 Å². The largest absolute Gasteiger partial charge is 0.303 e. The molecule has 1 aliphatic rings. The molecule has 1 saturated heterocycles. The number of likely N-dealkylation sites (tertiary alicyclic amines) is 1. The Balaban J connectivity index is 2.29. The molecule has 3 nitrogen and oxygen atoms in total. The van der Waals surface area contributed by atoms with E-state index in [-0.39, 0.29) is 5.54 Å². The van der Waals surface area contributed by atoms with Crippen LogP contribution < -0.4 is 5.32 Å². The molecule has 1 fully saturated rings. The minimum absolute atomic E-state index is 0.304. The zero-order chi connectivity index (χ0) is 12.7. The first-order chi connectivity index (χ1) is 8.15. The second kappa shape index (κ2) is 6.98. The third kappa shape index (κ3) is 4.29. The van der Waals surface area contributed by atoms with Gasteiger partial charge in [0.15, 0.2) is 0 Å². The molecule has 0 bridgehead atoms. The summed E-state index contributed by atoms with van der Waals surface area (Å²) in [6.45, 7) is 8.06. The van der Waals surface area contributed by atoms with E-state index in [4.69, 9.17) is 0 Å². The fraction of sp³-hybridized carbons (Fsp3) is 0.929. The van der Waals surface area contributed by atoms with Crippen molar-refractivity contribution in [1.29, 1.82) is 5.26 Å². The van der Waals surface area contributed by atoms with Crippen molar-refractivity contribution in [1.82, 2.24) is 10.2 Å². The van der Waals surface area contributed by atoms with Crippen LogP contribution in [0.15, 0.2) is 0 Å². The molecular weight excluding hydrogens is 210 g/mol. The van der Waals surface area contributed by atoms with Crippen molar-refractivity contribution in [3.8, 4) is 6.07 Å². The predicted molar refractivity (Wildman–Crippen MR) is 71.8 cm³/mol. The zero-order valence-corrected chi connectivity index (χ0v) is 11.6. The average molecular weight is 237 g/mol. The van der Waals surface area contributed by atoms with Gasteiger partial charge in [-0.1, -0.05) is 13.8 Å². The number of hydrogen-bond donors (Lipinski definition) is 1. The SMILES string of the molecule is CCC(C#N)(CCCN1CCCC(C)C1)NC. The topological polar surface area (TPSA) is 39.1 Å². The lowest BCUT2D eigenvalue weighted by atomic mass is 9.92. The number of rotatable bonds is 6. The molecule has 17 heavy (non-hydrogen) atoms. The lowest BCUT2D eigenvalue weighted by Gasteiger charge is -2.32. The van der Waals surface area contributed by atoms with Crippen molar-refractivity contribution in [2.75, 3.05) is 26.7 Å². The Labute approximate surface area is 106 Å². The Morgan fingerprint density at radius 3 is 2.82 bits per heavy atom. The summed E-state index contributed by atoms with van der Waals surface area (Å²) < 4.78 is 0. The molecule has 0 radical (unpaired) electrons. The van der Waals surface area contributed by atoms with Crippen molar-refractivity contribution in [3.63, 3.8) is 0 Å². The summed E-state index contributed by atoms with van der Waals surface area (Å²) >= 11 is 0. The molecule has 0 aromatic heterocycles. The molecular formula is C14H27N3. The van der Waals surface area contributed by atoms with Gasteiger partial charge in [-0.05, 0) is 58.2 Å². The quantitative estimate of drug-likeness (QED) is 0.771. The highest BCUT2D eigenvalue weighted by Crippen LogP contribution is 2.19. The van der Waals surface area contributed by atoms with Gasteiger partial charge in [0, 0.05) is 6.54 Å². The maximum atomic E-state index is 9.23. The van der Waals surface area contributed by atoms with Gasteiger partial charge in [0.25, 0.3) is 0 Å². The summed E-state index contributed by atoms with van der Waals surface area (Å²) in [5.74, 6) is 0.847. The van der Waals surface area contributed by atoms with Crippen molar-refractivity contribution < 1.29 is 0 Å². The molecule has 0 spiro atoms. The fourth-order valence-electron chi connectivity index (χ4n) is 2.76. The molecule has 2 unspecified atom stereocenters. The van der Waals surface area contributed by atoms with Crippen LogP contribution in [0.4, 0.5) is 0 Å². The summed E-state index contributed by atoms with van der Waals surface area (Å²) in [7, 11) is 1.90. The molecule has 98 valence electrons. The van der Waals surface area contributed by atoms with Gasteiger partial charge >= 0.3 is 0 Å². The van der Waals surface area contributed by atoms with Crippen molar-refractivity contribution in [2.24, 2.45) is 5.92 Å². The Hall–Kier alpha value is -0.590. The molecule has 0 saturated carbocycles. The molecule has 1 rings (SSSR count). The first kappa shape index (κ1) is 14.5. The molecule has 0 aliphatic carbocycles. The van der Waals surface area contributed by atoms with Gasteiger partial charge in [-0.3, -0.25) is 0 Å². The van der Waals surface area contributed by atoms with Crippen LogP contribution in [0.2, 0.25) is 0 Å². The Morgan fingerprint density at radius 2 is 2.29 bits per heavy atom. The highest BCUT2D eigenvalue weighted by Gasteiger charge is 2.25. The molecule has 2 atom stereocenters. The van der Waals surface area contributed by atoms with E-state index in [1.54, 1.807) is 0 Å². The smallest absolute Gasteiger partial charge is 0.106 e. The lowest BCUT2D eigenvalue weighted by molar-refractivity contribution is 0.176. The number of nitrogens with one attached hydrogen (secondary N) is 1. The maximum absolute atomic E-state index is 9.23. The van der Waals surface area contributed by atoms with Crippen molar-refractivity contribution in [3.05, 3.63) is 0 Å². The molecule has 1 heterocycles. The second-order valence-electron chi connectivity index (χ2n) is 5.45. The number of nitriles is 1. The Morgan fingerprint density at radius 1 is 1.53 bits per heavy atom. The van der Waals surface area contributed by atoms with Crippen LogP contribution in [0.5, 0.6) is 0 Å². The average Bonchev–Trinajstić information content (AvgIpc) is 2.35. The van der Waals surface area contributed by atoms with E-state index in [2.05, 4.69) is 30.1 Å². The second-order valence-corrected chi connectivity index (χ2v) is 5.45. The number of hydrogen-bond acceptors (Lipinski definition) is 3. The molecule has 1 N–H and O–H groups in total. The lowest BCUT2D eigenvalue weighted by Crippen LogP contribution is -2.42. The van der Waals surface area contributed by atoms with Crippen LogP contribution in [0.3, 0.4) is 0 Å². The van der Waals surface area contributed by atoms with Crippen molar-refractivity contribution in [2.45, 2.75) is 51.5 Å². The first-order valence-electron chi connectivity index (χ1n) is 6.98. The molecule has 0 amide bonds. The van der Waals surface area contributed by atoms with Gasteiger partial charge in [0.1, 0.15) is 5.54 Å². The van der Waals surface area contributed by atoms with Crippen molar-refractivity contribution >= 4 is 0 Å². The van der Waals surface area contributed by atoms with E-state index in [9.17, 15) is 5.26 Å². The molecule has 0 aromatic rings. The zero-order valence-electron chi connectivity index (χ0n) is 11.6. The first-order valence-corrected chi connectivity index (χ1v) is 6.98. The monoisotopic (exact) mass is 237 g/mol. The summed E-state index contributed by atoms with van der Waals surface area (Å²) in [6, 6.07) is 2.43. The van der Waals surface area contributed by atoms with Crippen LogP contribution in [0, 0.1) is 17.2 Å². The molecule has 1 aliphatic heterocycles. The highest BCUT2D eigenvalue weighted by atomic mass is 15.1. The maximum Gasteiger partial charge on any atom is 0.106 e. The third-order valence-electron chi connectivity index (χ3n) is 4.12. The fourth-order valence-corrected chi connectivity index (χ4v) is 2.76. The Bertz CT molecular complexity index is 253. The highest BCUT2D eigenvalue weighted by molar-refractivity contribution is 5.05.